The fourth-order valence-corrected chi connectivity index (χ4v) is 3.29. The van der Waals surface area contributed by atoms with Gasteiger partial charge in [0.15, 0.2) is 5.79 Å². The van der Waals surface area contributed by atoms with E-state index in [1.807, 2.05) is 0 Å². The maximum absolute atomic E-state index is 12.7. The summed E-state index contributed by atoms with van der Waals surface area (Å²) in [6, 6.07) is -0.586. The van der Waals surface area contributed by atoms with Gasteiger partial charge in [0.25, 0.3) is 0 Å². The van der Waals surface area contributed by atoms with Crippen LogP contribution in [0.4, 0.5) is 9.59 Å². The molecule has 0 bridgehead atoms. The molecule has 0 aromatic heterocycles. The Labute approximate surface area is 166 Å². The maximum atomic E-state index is 12.7. The molecule has 28 heavy (non-hydrogen) atoms. The molecule has 4 atom stereocenters. The van der Waals surface area contributed by atoms with Crippen LogP contribution in [-0.2, 0) is 18.9 Å². The number of carbonyl (C=O) groups excluding carboxylic acids is 2. The average molecular weight is 402 g/mol. The van der Waals surface area contributed by atoms with E-state index in [1.54, 1.807) is 55.4 Å². The van der Waals surface area contributed by atoms with Gasteiger partial charge in [0, 0.05) is 6.54 Å². The number of nitrogens with zero attached hydrogens (tertiary/aromatic N) is 1. The third-order valence-electron chi connectivity index (χ3n) is 4.19. The van der Waals surface area contributed by atoms with Gasteiger partial charge in [-0.2, -0.15) is 0 Å². The van der Waals surface area contributed by atoms with Crippen molar-refractivity contribution in [3.8, 4) is 0 Å². The van der Waals surface area contributed by atoms with Crippen molar-refractivity contribution in [3.05, 3.63) is 0 Å². The first kappa shape index (κ1) is 22.7. The first-order valence-electron chi connectivity index (χ1n) is 9.58. The molecule has 2 rings (SSSR count). The van der Waals surface area contributed by atoms with E-state index in [0.717, 1.165) is 0 Å². The lowest BCUT2D eigenvalue weighted by atomic mass is 9.94. The van der Waals surface area contributed by atoms with Crippen molar-refractivity contribution >= 4 is 12.2 Å². The molecule has 2 saturated heterocycles. The minimum atomic E-state index is -0.933. The summed E-state index contributed by atoms with van der Waals surface area (Å²) >= 11 is 0. The molecule has 2 aliphatic heterocycles. The Bertz CT molecular complexity index is 594. The summed E-state index contributed by atoms with van der Waals surface area (Å²) in [7, 11) is 0. The molecule has 9 heteroatoms. The predicted octanol–water partition coefficient (Wildman–Crippen LogP) is 2.01. The maximum Gasteiger partial charge on any atom is 0.410 e. The summed E-state index contributed by atoms with van der Waals surface area (Å²) in [5, 5.41) is 13.2. The highest BCUT2D eigenvalue weighted by molar-refractivity contribution is 5.70. The van der Waals surface area contributed by atoms with Crippen LogP contribution in [0.25, 0.3) is 0 Å². The van der Waals surface area contributed by atoms with Gasteiger partial charge in [-0.1, -0.05) is 0 Å². The van der Waals surface area contributed by atoms with E-state index >= 15 is 0 Å². The molecule has 0 aliphatic carbocycles. The van der Waals surface area contributed by atoms with Gasteiger partial charge in [-0.05, 0) is 55.4 Å². The van der Waals surface area contributed by atoms with Gasteiger partial charge in [0.1, 0.15) is 29.5 Å². The molecule has 2 aliphatic rings. The summed E-state index contributed by atoms with van der Waals surface area (Å²) in [5.74, 6) is -0.912. The van der Waals surface area contributed by atoms with Gasteiger partial charge in [-0.3, -0.25) is 4.90 Å². The fraction of sp³-hybridized carbons (Fsp3) is 0.895. The summed E-state index contributed by atoms with van der Waals surface area (Å²) < 4.78 is 22.5. The highest BCUT2D eigenvalue weighted by atomic mass is 16.8. The molecule has 162 valence electrons. The number of amides is 2. The Balaban J connectivity index is 2.19. The second kappa shape index (κ2) is 7.68. The van der Waals surface area contributed by atoms with E-state index < -0.39 is 53.5 Å². The van der Waals surface area contributed by atoms with Crippen molar-refractivity contribution < 1.29 is 33.6 Å². The zero-order valence-corrected chi connectivity index (χ0v) is 18.1. The molecule has 0 spiro atoms. The van der Waals surface area contributed by atoms with Crippen LogP contribution < -0.4 is 5.32 Å². The van der Waals surface area contributed by atoms with Crippen molar-refractivity contribution in [2.75, 3.05) is 13.1 Å². The zero-order chi connectivity index (χ0) is 21.5. The van der Waals surface area contributed by atoms with E-state index in [2.05, 4.69) is 5.32 Å². The molecule has 9 nitrogen and oxygen atoms in total. The Kier molecular flexibility index (Phi) is 6.23. The minimum Gasteiger partial charge on any atom is -0.444 e. The number of aliphatic hydroxyl groups is 1. The fourth-order valence-electron chi connectivity index (χ4n) is 3.29. The Hall–Kier alpha value is -1.58. The van der Waals surface area contributed by atoms with Crippen molar-refractivity contribution in [3.63, 3.8) is 0 Å². The molecular weight excluding hydrogens is 368 g/mol. The number of hydrogen-bond acceptors (Lipinski definition) is 7. The number of hydrogen-bond donors (Lipinski definition) is 2. The number of rotatable bonds is 2. The third kappa shape index (κ3) is 5.96. The van der Waals surface area contributed by atoms with Crippen LogP contribution in [0, 0.1) is 0 Å². The van der Waals surface area contributed by atoms with Gasteiger partial charge in [-0.15, -0.1) is 0 Å². The zero-order valence-electron chi connectivity index (χ0n) is 18.1. The SMILES string of the molecule is CC(C)(C)OC(=O)NC[C@@H]1[C@H]2OC(C)(C)O[C@@H]2[C@H](O)CN1C(=O)OC(C)(C)C. The van der Waals surface area contributed by atoms with Crippen molar-refractivity contribution in [1.29, 1.82) is 0 Å². The third-order valence-corrected chi connectivity index (χ3v) is 4.19. The Morgan fingerprint density at radius 2 is 1.61 bits per heavy atom. The highest BCUT2D eigenvalue weighted by Crippen LogP contribution is 2.36. The van der Waals surface area contributed by atoms with E-state index in [9.17, 15) is 14.7 Å². The number of nitrogens with one attached hydrogen (secondary N) is 1. The number of β-amino-alcohol motifs (C(OH)–C–C–N with tert-alkyl or cyclic N) is 1. The molecule has 0 aromatic carbocycles. The van der Waals surface area contributed by atoms with Gasteiger partial charge < -0.3 is 29.4 Å². The standard InChI is InChI=1S/C19H34N2O7/c1-17(2,3)27-15(23)20-9-11-13-14(26-19(7,8)25-13)12(22)10-21(11)16(24)28-18(4,5)6/h11-14,22H,9-10H2,1-8H3,(H,20,23)/t11-,12-,13-,14-/m1/s1. The van der Waals surface area contributed by atoms with Gasteiger partial charge >= 0.3 is 12.2 Å². The average Bonchev–Trinajstić information content (AvgIpc) is 2.78. The number of alkyl carbamates (subject to hydrolysis) is 1. The molecule has 2 fully saturated rings. The normalized spacial score (nSPS) is 29.8. The molecule has 0 aromatic rings. The van der Waals surface area contributed by atoms with Gasteiger partial charge in [0.2, 0.25) is 0 Å². The number of likely N-dealkylation sites (tertiary alicyclic amines) is 1. The molecule has 2 N–H and O–H groups in total. The molecule has 0 unspecified atom stereocenters. The van der Waals surface area contributed by atoms with Crippen LogP contribution >= 0.6 is 0 Å². The van der Waals surface area contributed by atoms with Crippen LogP contribution in [-0.4, -0.2) is 76.6 Å². The van der Waals surface area contributed by atoms with E-state index in [0.29, 0.717) is 0 Å². The topological polar surface area (TPSA) is 107 Å². The van der Waals surface area contributed by atoms with Crippen LogP contribution in [0.5, 0.6) is 0 Å². The van der Waals surface area contributed by atoms with Crippen molar-refractivity contribution in [2.45, 2.75) is 96.7 Å². The van der Waals surface area contributed by atoms with Gasteiger partial charge in [0.05, 0.1) is 12.6 Å². The largest absolute Gasteiger partial charge is 0.444 e. The summed E-state index contributed by atoms with van der Waals surface area (Å²) in [6.07, 6.45) is -3.36. The van der Waals surface area contributed by atoms with Gasteiger partial charge in [-0.25, -0.2) is 9.59 Å². The molecule has 2 heterocycles. The van der Waals surface area contributed by atoms with E-state index in [-0.39, 0.29) is 13.1 Å². The Morgan fingerprint density at radius 3 is 2.14 bits per heavy atom. The van der Waals surface area contributed by atoms with Crippen LogP contribution in [0.15, 0.2) is 0 Å². The number of carbonyl (C=O) groups is 2. The second-order valence-corrected chi connectivity index (χ2v) is 9.71. The molecular formula is C19H34N2O7. The summed E-state index contributed by atoms with van der Waals surface area (Å²) in [4.78, 5) is 26.2. The number of fused-ring (bicyclic) bond motifs is 1. The molecule has 0 saturated carbocycles. The smallest absolute Gasteiger partial charge is 0.410 e. The van der Waals surface area contributed by atoms with Crippen LogP contribution in [0.2, 0.25) is 0 Å². The van der Waals surface area contributed by atoms with E-state index in [1.165, 1.54) is 4.90 Å². The second-order valence-electron chi connectivity index (χ2n) is 9.71. The summed E-state index contributed by atoms with van der Waals surface area (Å²) in [5.41, 5.74) is -1.34. The lowest BCUT2D eigenvalue weighted by molar-refractivity contribution is -0.153. The first-order chi connectivity index (χ1) is 12.6. The van der Waals surface area contributed by atoms with Crippen molar-refractivity contribution in [1.82, 2.24) is 10.2 Å². The van der Waals surface area contributed by atoms with E-state index in [4.69, 9.17) is 18.9 Å². The molecule has 2 amide bonds. The number of aliphatic hydroxyl groups excluding tert-OH is 1. The quantitative estimate of drug-likeness (QED) is 0.728. The number of ether oxygens (including phenoxy) is 4. The van der Waals surface area contributed by atoms with Crippen LogP contribution in [0.1, 0.15) is 55.4 Å². The molecule has 0 radical (unpaired) electrons. The lowest BCUT2D eigenvalue weighted by Gasteiger charge is -2.43. The van der Waals surface area contributed by atoms with Crippen molar-refractivity contribution in [2.24, 2.45) is 0 Å². The predicted molar refractivity (Wildman–Crippen MR) is 101 cm³/mol. The number of piperidine rings is 1. The minimum absolute atomic E-state index is 0.0101. The summed E-state index contributed by atoms with van der Waals surface area (Å²) in [6.45, 7) is 14.2. The monoisotopic (exact) mass is 402 g/mol. The lowest BCUT2D eigenvalue weighted by Crippen LogP contribution is -2.65. The Morgan fingerprint density at radius 1 is 1.07 bits per heavy atom. The first-order valence-corrected chi connectivity index (χ1v) is 9.58. The van der Waals surface area contributed by atoms with Crippen LogP contribution in [0.3, 0.4) is 0 Å². The highest BCUT2D eigenvalue weighted by Gasteiger charge is 2.55.